The van der Waals surface area contributed by atoms with Crippen molar-refractivity contribution in [3.05, 3.63) is 69.1 Å². The van der Waals surface area contributed by atoms with E-state index in [1.165, 1.54) is 17.7 Å². The average Bonchev–Trinajstić information content (AvgIpc) is 3.59. The zero-order chi connectivity index (χ0) is 21.9. The van der Waals surface area contributed by atoms with Gasteiger partial charge in [0, 0.05) is 39.2 Å². The minimum atomic E-state index is -0.145. The molecule has 3 aromatic heterocycles. The highest BCUT2D eigenvalue weighted by Gasteiger charge is 2.27. The Morgan fingerprint density at radius 3 is 2.81 bits per heavy atom. The maximum Gasteiger partial charge on any atom is 0.287 e. The first-order chi connectivity index (χ1) is 15.7. The number of rotatable bonds is 8. The number of thioether (sulfide) groups is 1. The minimum absolute atomic E-state index is 0.145. The number of para-hydroxylation sites is 1. The molecule has 32 heavy (non-hydrogen) atoms. The van der Waals surface area contributed by atoms with E-state index in [0.29, 0.717) is 18.1 Å². The molecule has 0 spiro atoms. The molecule has 0 saturated carbocycles. The van der Waals surface area contributed by atoms with Crippen LogP contribution in [0.3, 0.4) is 0 Å². The largest absolute Gasteiger partial charge is 0.451 e. The first-order valence-corrected chi connectivity index (χ1v) is 13.5. The highest BCUT2D eigenvalue weighted by molar-refractivity contribution is 8.00. The van der Waals surface area contributed by atoms with Crippen LogP contribution in [0.25, 0.3) is 11.0 Å². The fourth-order valence-electron chi connectivity index (χ4n) is 4.17. The molecule has 1 atom stereocenters. The lowest BCUT2D eigenvalue weighted by molar-refractivity contribution is 0.0912. The summed E-state index contributed by atoms with van der Waals surface area (Å²) >= 11 is 5.04. The second-order valence-corrected chi connectivity index (χ2v) is 11.0. The maximum absolute atomic E-state index is 13.3. The highest BCUT2D eigenvalue weighted by Crippen LogP contribution is 2.34. The van der Waals surface area contributed by atoms with Crippen LogP contribution < -0.4 is 5.32 Å². The van der Waals surface area contributed by atoms with Crippen molar-refractivity contribution in [1.82, 2.24) is 15.2 Å². The van der Waals surface area contributed by atoms with E-state index in [-0.39, 0.29) is 11.9 Å². The topological polar surface area (TPSA) is 58.4 Å². The van der Waals surface area contributed by atoms with Crippen LogP contribution >= 0.6 is 34.4 Å². The molecule has 5 rings (SSSR count). The molecule has 0 radical (unpaired) electrons. The van der Waals surface area contributed by atoms with Gasteiger partial charge in [-0.25, -0.2) is 4.98 Å². The zero-order valence-corrected chi connectivity index (χ0v) is 20.3. The van der Waals surface area contributed by atoms with Gasteiger partial charge in [0.15, 0.2) is 5.76 Å². The Morgan fingerprint density at radius 2 is 2.06 bits per heavy atom. The first kappa shape index (κ1) is 21.7. The van der Waals surface area contributed by atoms with E-state index in [9.17, 15) is 4.79 Å². The molecule has 1 aliphatic rings. The lowest BCUT2D eigenvalue weighted by Gasteiger charge is -2.26. The number of aromatic nitrogens is 1. The summed E-state index contributed by atoms with van der Waals surface area (Å²) in [5, 5.41) is 8.33. The molecule has 4 heterocycles. The monoisotopic (exact) mass is 483 g/mol. The number of nitrogens with one attached hydrogen (secondary N) is 1. The van der Waals surface area contributed by atoms with E-state index in [1.807, 2.05) is 36.6 Å². The Balaban J connectivity index is 1.36. The number of thiophene rings is 1. The number of fused-ring (bicyclic) bond motifs is 1. The van der Waals surface area contributed by atoms with Gasteiger partial charge < -0.3 is 9.73 Å². The van der Waals surface area contributed by atoms with Gasteiger partial charge in [0.25, 0.3) is 5.91 Å². The standard InChI is InChI=1S/C24H25N3O2S3/c1-16-14-31-24(26-16)32-15-18-17-7-2-3-8-20(17)29-22(18)23(28)25-13-19(21-9-6-12-30-21)27-10-4-5-11-27/h2-3,6-9,12,14,19H,4-5,10-11,13,15H2,1H3,(H,25,28). The molecule has 1 aliphatic heterocycles. The molecule has 166 valence electrons. The summed E-state index contributed by atoms with van der Waals surface area (Å²) in [7, 11) is 0. The van der Waals surface area contributed by atoms with Crippen LogP contribution in [0.1, 0.15) is 45.6 Å². The SMILES string of the molecule is Cc1csc(SCc2c(C(=O)NCC(c3cccs3)N3CCCC3)oc3ccccc23)n1. The van der Waals surface area contributed by atoms with E-state index in [2.05, 4.69) is 32.7 Å². The highest BCUT2D eigenvalue weighted by atomic mass is 32.2. The van der Waals surface area contributed by atoms with Crippen molar-refractivity contribution in [2.75, 3.05) is 19.6 Å². The second kappa shape index (κ2) is 9.79. The predicted octanol–water partition coefficient (Wildman–Crippen LogP) is 6.12. The van der Waals surface area contributed by atoms with Crippen LogP contribution in [0, 0.1) is 6.92 Å². The van der Waals surface area contributed by atoms with Crippen LogP contribution in [0.5, 0.6) is 0 Å². The van der Waals surface area contributed by atoms with Gasteiger partial charge in [-0.05, 0) is 50.4 Å². The van der Waals surface area contributed by atoms with Gasteiger partial charge in [-0.2, -0.15) is 0 Å². The Hall–Kier alpha value is -2.13. The smallest absolute Gasteiger partial charge is 0.287 e. The number of carbonyl (C=O) groups excluding carboxylic acids is 1. The predicted molar refractivity (Wildman–Crippen MR) is 133 cm³/mol. The molecule has 1 amide bonds. The number of likely N-dealkylation sites (tertiary alicyclic amines) is 1. The third kappa shape index (κ3) is 4.64. The average molecular weight is 484 g/mol. The van der Waals surface area contributed by atoms with Crippen molar-refractivity contribution in [3.63, 3.8) is 0 Å². The molecule has 0 bridgehead atoms. The molecule has 1 aromatic carbocycles. The molecular weight excluding hydrogens is 458 g/mol. The van der Waals surface area contributed by atoms with Crippen molar-refractivity contribution in [2.45, 2.75) is 35.9 Å². The Morgan fingerprint density at radius 1 is 1.22 bits per heavy atom. The lowest BCUT2D eigenvalue weighted by Crippen LogP contribution is -2.36. The van der Waals surface area contributed by atoms with Crippen LogP contribution in [0.15, 0.2) is 55.9 Å². The van der Waals surface area contributed by atoms with Crippen molar-refractivity contribution < 1.29 is 9.21 Å². The summed E-state index contributed by atoms with van der Waals surface area (Å²) in [5.41, 5.74) is 2.71. The molecule has 1 unspecified atom stereocenters. The molecule has 0 aliphatic carbocycles. The summed E-state index contributed by atoms with van der Waals surface area (Å²) in [5.74, 6) is 0.916. The molecule has 1 saturated heterocycles. The quantitative estimate of drug-likeness (QED) is 0.306. The van der Waals surface area contributed by atoms with Gasteiger partial charge in [0.1, 0.15) is 9.92 Å². The van der Waals surface area contributed by atoms with Crippen LogP contribution in [-0.4, -0.2) is 35.4 Å². The van der Waals surface area contributed by atoms with Gasteiger partial charge in [0.2, 0.25) is 0 Å². The van der Waals surface area contributed by atoms with E-state index in [0.717, 1.165) is 39.7 Å². The first-order valence-electron chi connectivity index (χ1n) is 10.8. The summed E-state index contributed by atoms with van der Waals surface area (Å²) in [6.07, 6.45) is 2.44. The number of furan rings is 1. The lowest BCUT2D eigenvalue weighted by atomic mass is 10.1. The van der Waals surface area contributed by atoms with Gasteiger partial charge in [-0.15, -0.1) is 22.7 Å². The fourth-order valence-corrected chi connectivity index (χ4v) is 6.91. The molecule has 8 heteroatoms. The van der Waals surface area contributed by atoms with Gasteiger partial charge in [-0.1, -0.05) is 36.0 Å². The molecule has 4 aromatic rings. The number of hydrogen-bond acceptors (Lipinski definition) is 7. The Labute approximate surface area is 199 Å². The van der Waals surface area contributed by atoms with Crippen LogP contribution in [-0.2, 0) is 5.75 Å². The summed E-state index contributed by atoms with van der Waals surface area (Å²) in [6, 6.07) is 12.3. The Bertz CT molecular complexity index is 1190. The van der Waals surface area contributed by atoms with Crippen molar-refractivity contribution in [2.24, 2.45) is 0 Å². The van der Waals surface area contributed by atoms with Gasteiger partial charge in [-0.3, -0.25) is 9.69 Å². The van der Waals surface area contributed by atoms with Crippen molar-refractivity contribution in [3.8, 4) is 0 Å². The van der Waals surface area contributed by atoms with E-state index >= 15 is 0 Å². The normalized spacial score (nSPS) is 15.4. The second-order valence-electron chi connectivity index (χ2n) is 7.93. The number of benzene rings is 1. The molecule has 1 N–H and O–H groups in total. The number of carbonyl (C=O) groups is 1. The maximum atomic E-state index is 13.3. The number of nitrogens with zero attached hydrogens (tertiary/aromatic N) is 2. The third-order valence-electron chi connectivity index (χ3n) is 5.75. The third-order valence-corrected chi connectivity index (χ3v) is 8.89. The van der Waals surface area contributed by atoms with Crippen LogP contribution in [0.2, 0.25) is 0 Å². The minimum Gasteiger partial charge on any atom is -0.451 e. The Kier molecular flexibility index (Phi) is 6.64. The number of thiazole rings is 1. The molecular formula is C24H25N3O2S3. The number of aryl methyl sites for hydroxylation is 1. The summed E-state index contributed by atoms with van der Waals surface area (Å²) in [6.45, 7) is 4.74. The zero-order valence-electron chi connectivity index (χ0n) is 17.9. The van der Waals surface area contributed by atoms with E-state index in [4.69, 9.17) is 4.42 Å². The van der Waals surface area contributed by atoms with Crippen molar-refractivity contribution >= 4 is 51.3 Å². The number of hydrogen-bond donors (Lipinski definition) is 1. The van der Waals surface area contributed by atoms with Gasteiger partial charge >= 0.3 is 0 Å². The van der Waals surface area contributed by atoms with Gasteiger partial charge in [0.05, 0.1) is 6.04 Å². The molecule has 1 fully saturated rings. The van der Waals surface area contributed by atoms with Crippen LogP contribution in [0.4, 0.5) is 0 Å². The van der Waals surface area contributed by atoms with E-state index < -0.39 is 0 Å². The van der Waals surface area contributed by atoms with Crippen molar-refractivity contribution in [1.29, 1.82) is 0 Å². The summed E-state index contributed by atoms with van der Waals surface area (Å²) < 4.78 is 7.06. The molecule has 5 nitrogen and oxygen atoms in total. The number of amides is 1. The fraction of sp³-hybridized carbons (Fsp3) is 0.333. The summed E-state index contributed by atoms with van der Waals surface area (Å²) in [4.78, 5) is 21.6. The van der Waals surface area contributed by atoms with E-state index in [1.54, 1.807) is 34.4 Å².